The lowest BCUT2D eigenvalue weighted by atomic mass is 9.94. The molecular formula is C29H31N5O2S2. The lowest BCUT2D eigenvalue weighted by molar-refractivity contribution is 0.100. The zero-order chi connectivity index (χ0) is 26.1. The van der Waals surface area contributed by atoms with Crippen LogP contribution in [-0.4, -0.2) is 52.7 Å². The summed E-state index contributed by atoms with van der Waals surface area (Å²) in [6.45, 7) is 6.48. The number of ketones is 1. The lowest BCUT2D eigenvalue weighted by Crippen LogP contribution is -2.32. The molecule has 9 heteroatoms. The van der Waals surface area contributed by atoms with E-state index in [4.69, 9.17) is 4.98 Å². The largest absolute Gasteiger partial charge is 0.343 e. The Kier molecular flexibility index (Phi) is 7.23. The molecule has 0 unspecified atom stereocenters. The number of aryl methyl sites for hydroxylation is 1. The third-order valence-electron chi connectivity index (χ3n) is 7.40. The smallest absolute Gasteiger partial charge is 0.257 e. The molecule has 2 aliphatic heterocycles. The van der Waals surface area contributed by atoms with Crippen molar-refractivity contribution in [1.29, 1.82) is 0 Å². The van der Waals surface area contributed by atoms with Crippen LogP contribution in [-0.2, 0) is 19.4 Å². The second kappa shape index (κ2) is 10.9. The van der Waals surface area contributed by atoms with Crippen LogP contribution in [0.2, 0.25) is 0 Å². The highest BCUT2D eigenvalue weighted by Crippen LogP contribution is 2.33. The number of anilines is 2. The summed E-state index contributed by atoms with van der Waals surface area (Å²) in [4.78, 5) is 40.9. The highest BCUT2D eigenvalue weighted by Gasteiger charge is 2.26. The van der Waals surface area contributed by atoms with E-state index >= 15 is 0 Å². The number of likely N-dealkylation sites (tertiary alicyclic amines) is 1. The molecule has 1 amide bonds. The van der Waals surface area contributed by atoms with E-state index < -0.39 is 0 Å². The fourth-order valence-electron chi connectivity index (χ4n) is 5.44. The van der Waals surface area contributed by atoms with Crippen molar-refractivity contribution in [3.8, 4) is 0 Å². The molecule has 4 aromatic rings. The summed E-state index contributed by atoms with van der Waals surface area (Å²) in [7, 11) is 0. The Balaban J connectivity index is 1.20. The summed E-state index contributed by atoms with van der Waals surface area (Å²) in [5.74, 6) is -0.120. The number of nitrogens with one attached hydrogen (secondary N) is 1. The van der Waals surface area contributed by atoms with Crippen LogP contribution < -0.4 is 10.2 Å². The standard InChI is InChI=1S/C29H31N5O2S2/c1-19(35)26-25(12-7-16-33-14-4-5-15-33)38-29(31-26)34-17-13-20-8-6-9-21(22(20)18-34)27(36)32-28-30-23-10-2-3-11-24(23)37-28/h2-3,6,8-11H,4-5,7,12-18H2,1H3,(H,30,32,36). The molecule has 4 heterocycles. The first-order valence-corrected chi connectivity index (χ1v) is 14.9. The van der Waals surface area contributed by atoms with Crippen LogP contribution in [0.5, 0.6) is 0 Å². The Morgan fingerprint density at radius 1 is 1.00 bits per heavy atom. The van der Waals surface area contributed by atoms with Gasteiger partial charge in [-0.3, -0.25) is 14.9 Å². The molecule has 0 spiro atoms. The third kappa shape index (κ3) is 5.23. The van der Waals surface area contributed by atoms with E-state index in [0.717, 1.165) is 58.1 Å². The normalized spacial score (nSPS) is 15.7. The molecule has 6 rings (SSSR count). The fourth-order valence-corrected chi connectivity index (χ4v) is 7.47. The SMILES string of the molecule is CC(=O)c1nc(N2CCc3cccc(C(=O)Nc4nc5ccccc5s4)c3C2)sc1CCCN1CCCC1. The Morgan fingerprint density at radius 3 is 2.66 bits per heavy atom. The first-order chi connectivity index (χ1) is 18.5. The summed E-state index contributed by atoms with van der Waals surface area (Å²) in [6, 6.07) is 13.8. The molecule has 0 saturated carbocycles. The molecule has 0 radical (unpaired) electrons. The Bertz CT molecular complexity index is 1450. The maximum Gasteiger partial charge on any atom is 0.257 e. The van der Waals surface area contributed by atoms with Crippen LogP contribution in [0.3, 0.4) is 0 Å². The topological polar surface area (TPSA) is 78.4 Å². The molecule has 1 saturated heterocycles. The molecular weight excluding hydrogens is 514 g/mol. The summed E-state index contributed by atoms with van der Waals surface area (Å²) in [5, 5.41) is 4.49. The van der Waals surface area contributed by atoms with Crippen LogP contribution in [0.15, 0.2) is 42.5 Å². The number of hydrogen-bond acceptors (Lipinski definition) is 8. The summed E-state index contributed by atoms with van der Waals surface area (Å²) in [5.41, 5.74) is 4.37. The number of hydrogen-bond donors (Lipinski definition) is 1. The van der Waals surface area contributed by atoms with Crippen molar-refractivity contribution < 1.29 is 9.59 Å². The van der Waals surface area contributed by atoms with Gasteiger partial charge in [0.1, 0.15) is 5.69 Å². The van der Waals surface area contributed by atoms with Crippen molar-refractivity contribution >= 4 is 54.8 Å². The quantitative estimate of drug-likeness (QED) is 0.282. The van der Waals surface area contributed by atoms with Crippen molar-refractivity contribution in [3.05, 3.63) is 69.7 Å². The van der Waals surface area contributed by atoms with E-state index in [1.807, 2.05) is 36.4 Å². The van der Waals surface area contributed by atoms with Gasteiger partial charge < -0.3 is 9.80 Å². The Morgan fingerprint density at radius 2 is 1.84 bits per heavy atom. The van der Waals surface area contributed by atoms with Gasteiger partial charge in [-0.15, -0.1) is 11.3 Å². The van der Waals surface area contributed by atoms with E-state index in [9.17, 15) is 9.59 Å². The van der Waals surface area contributed by atoms with Gasteiger partial charge in [0, 0.05) is 30.5 Å². The highest BCUT2D eigenvalue weighted by molar-refractivity contribution is 7.22. The number of benzene rings is 2. The van der Waals surface area contributed by atoms with Crippen molar-refractivity contribution in [3.63, 3.8) is 0 Å². The van der Waals surface area contributed by atoms with Crippen LogP contribution in [0, 0.1) is 0 Å². The average molecular weight is 546 g/mol. The van der Waals surface area contributed by atoms with Gasteiger partial charge in [-0.1, -0.05) is 35.6 Å². The van der Waals surface area contributed by atoms with E-state index in [2.05, 4.69) is 26.2 Å². The number of thiazole rings is 2. The second-order valence-corrected chi connectivity index (χ2v) is 12.1. The van der Waals surface area contributed by atoms with E-state index in [1.165, 1.54) is 42.8 Å². The van der Waals surface area contributed by atoms with Crippen LogP contribution in [0.25, 0.3) is 10.2 Å². The van der Waals surface area contributed by atoms with Gasteiger partial charge in [-0.05, 0) is 81.1 Å². The molecule has 38 heavy (non-hydrogen) atoms. The number of carbonyl (C=O) groups excluding carboxylic acids is 2. The molecule has 0 bridgehead atoms. The molecule has 2 aliphatic rings. The Hall–Kier alpha value is -3.14. The van der Waals surface area contributed by atoms with Gasteiger partial charge in [0.05, 0.1) is 10.2 Å². The summed E-state index contributed by atoms with van der Waals surface area (Å²) < 4.78 is 1.05. The first kappa shape index (κ1) is 25.2. The van der Waals surface area contributed by atoms with Crippen LogP contribution in [0.1, 0.15) is 63.0 Å². The van der Waals surface area contributed by atoms with E-state index in [1.54, 1.807) is 18.3 Å². The highest BCUT2D eigenvalue weighted by atomic mass is 32.1. The molecule has 1 N–H and O–H groups in total. The van der Waals surface area contributed by atoms with Gasteiger partial charge in [0.2, 0.25) is 0 Å². The van der Waals surface area contributed by atoms with Crippen molar-refractivity contribution in [1.82, 2.24) is 14.9 Å². The third-order valence-corrected chi connectivity index (χ3v) is 9.53. The molecule has 7 nitrogen and oxygen atoms in total. The van der Waals surface area contributed by atoms with Crippen molar-refractivity contribution in [2.75, 3.05) is 36.4 Å². The summed E-state index contributed by atoms with van der Waals surface area (Å²) >= 11 is 3.12. The number of Topliss-reactive ketones (excluding diaryl/α,β-unsaturated/α-hetero) is 1. The van der Waals surface area contributed by atoms with Crippen LogP contribution in [0.4, 0.5) is 10.3 Å². The molecule has 0 aliphatic carbocycles. The van der Waals surface area contributed by atoms with Gasteiger partial charge in [-0.2, -0.15) is 0 Å². The minimum Gasteiger partial charge on any atom is -0.343 e. The number of nitrogens with zero attached hydrogens (tertiary/aromatic N) is 4. The van der Waals surface area contributed by atoms with E-state index in [-0.39, 0.29) is 11.7 Å². The van der Waals surface area contributed by atoms with Crippen molar-refractivity contribution in [2.45, 2.75) is 45.6 Å². The van der Waals surface area contributed by atoms with Gasteiger partial charge >= 0.3 is 0 Å². The maximum absolute atomic E-state index is 13.4. The zero-order valence-corrected chi connectivity index (χ0v) is 23.2. The van der Waals surface area contributed by atoms with E-state index in [0.29, 0.717) is 22.9 Å². The van der Waals surface area contributed by atoms with Gasteiger partial charge in [0.25, 0.3) is 5.91 Å². The number of amides is 1. The minimum atomic E-state index is -0.145. The first-order valence-electron chi connectivity index (χ1n) is 13.3. The predicted octanol–water partition coefficient (Wildman–Crippen LogP) is 5.80. The minimum absolute atomic E-state index is 0.0250. The fraction of sp³-hybridized carbons (Fsp3) is 0.379. The van der Waals surface area contributed by atoms with Crippen molar-refractivity contribution in [2.24, 2.45) is 0 Å². The number of rotatable bonds is 8. The van der Waals surface area contributed by atoms with Gasteiger partial charge in [-0.25, -0.2) is 9.97 Å². The number of para-hydroxylation sites is 1. The zero-order valence-electron chi connectivity index (χ0n) is 21.5. The number of aromatic nitrogens is 2. The summed E-state index contributed by atoms with van der Waals surface area (Å²) in [6.07, 6.45) is 5.34. The lowest BCUT2D eigenvalue weighted by Gasteiger charge is -2.29. The second-order valence-electron chi connectivity index (χ2n) is 10.0. The molecule has 2 aromatic heterocycles. The molecule has 2 aromatic carbocycles. The Labute approximate surface area is 230 Å². The van der Waals surface area contributed by atoms with Crippen LogP contribution >= 0.6 is 22.7 Å². The molecule has 0 atom stereocenters. The average Bonchev–Trinajstić information content (AvgIpc) is 3.68. The monoisotopic (exact) mass is 545 g/mol. The maximum atomic E-state index is 13.4. The number of carbonyl (C=O) groups is 2. The predicted molar refractivity (Wildman–Crippen MR) is 155 cm³/mol. The van der Waals surface area contributed by atoms with Gasteiger partial charge in [0.15, 0.2) is 16.0 Å². The number of fused-ring (bicyclic) bond motifs is 2. The molecule has 1 fully saturated rings. The molecule has 196 valence electrons.